The third-order valence-corrected chi connectivity index (χ3v) is 5.46. The number of Topliss-reactive ketones (excluding diaryl/α,β-unsaturated/α-hetero) is 1. The van der Waals surface area contributed by atoms with Crippen LogP contribution in [0.5, 0.6) is 0 Å². The first-order valence-electron chi connectivity index (χ1n) is 7.31. The highest BCUT2D eigenvalue weighted by Gasteiger charge is 2.68. The molecular weight excluding hydrogens is 274 g/mol. The Kier molecular flexibility index (Phi) is 2.30. The summed E-state index contributed by atoms with van der Waals surface area (Å²) >= 11 is 0. The molecule has 112 valence electrons. The second-order valence-corrected chi connectivity index (χ2v) is 7.34. The minimum atomic E-state index is -0.499. The molecule has 5 heterocycles. The monoisotopic (exact) mass is 293 g/mol. The van der Waals surface area contributed by atoms with Gasteiger partial charge in [0.2, 0.25) is 5.76 Å². The standard InChI is InChI=1S/C14H17N3O4/c1-13-5-15-7-14(2,12(13)18)8-16(6-13)11(15)9-3-4-10(21-9)17(19)20/h3-4,11H,5-8H2,1-2H3/p+2. The van der Waals surface area contributed by atoms with Crippen LogP contribution in [0, 0.1) is 20.9 Å². The van der Waals surface area contributed by atoms with Gasteiger partial charge < -0.3 is 4.42 Å². The van der Waals surface area contributed by atoms with Crippen LogP contribution in [0.25, 0.3) is 0 Å². The molecule has 0 aromatic carbocycles. The van der Waals surface area contributed by atoms with Crippen molar-refractivity contribution in [3.05, 3.63) is 28.0 Å². The lowest BCUT2D eigenvalue weighted by atomic mass is 9.62. The summed E-state index contributed by atoms with van der Waals surface area (Å²) in [6.45, 7) is 7.31. The third kappa shape index (κ3) is 1.58. The van der Waals surface area contributed by atoms with Gasteiger partial charge in [0, 0.05) is 6.07 Å². The molecule has 4 aliphatic rings. The number of rotatable bonds is 2. The largest absolute Gasteiger partial charge is 0.433 e. The number of piperidine rings is 2. The van der Waals surface area contributed by atoms with Crippen molar-refractivity contribution < 1.29 is 23.9 Å². The van der Waals surface area contributed by atoms with Crippen LogP contribution in [0.3, 0.4) is 0 Å². The van der Waals surface area contributed by atoms with E-state index in [1.54, 1.807) is 6.07 Å². The van der Waals surface area contributed by atoms with Crippen molar-refractivity contribution in [2.24, 2.45) is 10.8 Å². The van der Waals surface area contributed by atoms with Crippen molar-refractivity contribution in [1.29, 1.82) is 0 Å². The number of nitrogens with zero attached hydrogens (tertiary/aromatic N) is 1. The lowest BCUT2D eigenvalue weighted by molar-refractivity contribution is -1.18. The lowest BCUT2D eigenvalue weighted by Crippen LogP contribution is -3.41. The van der Waals surface area contributed by atoms with Crippen LogP contribution in [0.15, 0.2) is 16.5 Å². The molecule has 1 aromatic rings. The van der Waals surface area contributed by atoms with E-state index in [0.29, 0.717) is 11.5 Å². The van der Waals surface area contributed by atoms with E-state index in [9.17, 15) is 14.9 Å². The molecule has 2 N–H and O–H groups in total. The fraction of sp³-hybridized carbons (Fsp3) is 0.643. The van der Waals surface area contributed by atoms with Crippen LogP contribution in [-0.2, 0) is 4.79 Å². The number of carbonyl (C=O) groups is 1. The van der Waals surface area contributed by atoms with E-state index in [2.05, 4.69) is 13.8 Å². The van der Waals surface area contributed by atoms with Gasteiger partial charge in [0.05, 0.1) is 6.07 Å². The zero-order valence-corrected chi connectivity index (χ0v) is 12.1. The van der Waals surface area contributed by atoms with Gasteiger partial charge in [-0.1, -0.05) is 0 Å². The summed E-state index contributed by atoms with van der Waals surface area (Å²) in [6, 6.07) is 3.15. The van der Waals surface area contributed by atoms with Crippen LogP contribution in [0.1, 0.15) is 25.8 Å². The number of quaternary nitrogens is 2. The minimum absolute atomic E-state index is 0.0768. The summed E-state index contributed by atoms with van der Waals surface area (Å²) in [7, 11) is 0. The summed E-state index contributed by atoms with van der Waals surface area (Å²) in [5, 5.41) is 10.8. The maximum Gasteiger partial charge on any atom is 0.433 e. The predicted octanol–water partition coefficient (Wildman–Crippen LogP) is -1.42. The molecule has 7 heteroatoms. The van der Waals surface area contributed by atoms with Gasteiger partial charge in [0.15, 0.2) is 5.78 Å². The number of nitro groups is 1. The Morgan fingerprint density at radius 2 is 1.71 bits per heavy atom. The van der Waals surface area contributed by atoms with Gasteiger partial charge in [-0.3, -0.25) is 24.7 Å². The number of carbonyl (C=O) groups excluding carboxylic acids is 1. The third-order valence-electron chi connectivity index (χ3n) is 5.46. The average molecular weight is 293 g/mol. The van der Waals surface area contributed by atoms with E-state index in [0.717, 1.165) is 26.2 Å². The molecule has 7 nitrogen and oxygen atoms in total. The summed E-state index contributed by atoms with van der Waals surface area (Å²) in [5.41, 5.74) is -0.518. The van der Waals surface area contributed by atoms with E-state index in [4.69, 9.17) is 4.42 Å². The van der Waals surface area contributed by atoms with Gasteiger partial charge in [-0.15, -0.1) is 0 Å². The number of furan rings is 1. The summed E-state index contributed by atoms with van der Waals surface area (Å²) in [5.74, 6) is 0.866. The smallest absolute Gasteiger partial charge is 0.392 e. The van der Waals surface area contributed by atoms with Crippen molar-refractivity contribution in [2.45, 2.75) is 20.0 Å². The van der Waals surface area contributed by atoms with Crippen LogP contribution >= 0.6 is 0 Å². The molecule has 21 heavy (non-hydrogen) atoms. The van der Waals surface area contributed by atoms with E-state index >= 15 is 0 Å². The Balaban J connectivity index is 1.71. The maximum absolute atomic E-state index is 12.6. The van der Waals surface area contributed by atoms with Crippen molar-refractivity contribution in [3.8, 4) is 0 Å². The van der Waals surface area contributed by atoms with Crippen molar-refractivity contribution in [2.75, 3.05) is 26.2 Å². The van der Waals surface area contributed by atoms with Gasteiger partial charge in [-0.05, 0) is 13.8 Å². The summed E-state index contributed by atoms with van der Waals surface area (Å²) < 4.78 is 5.44. The first kappa shape index (κ1) is 13.0. The second kappa shape index (κ2) is 3.72. The average Bonchev–Trinajstić information content (AvgIpc) is 2.84. The normalized spacial score (nSPS) is 44.3. The van der Waals surface area contributed by atoms with E-state index in [-0.39, 0.29) is 22.9 Å². The second-order valence-electron chi connectivity index (χ2n) is 7.34. The Morgan fingerprint density at radius 1 is 1.19 bits per heavy atom. The molecule has 4 aliphatic heterocycles. The number of nitrogens with one attached hydrogen (secondary N) is 2. The molecule has 0 radical (unpaired) electrons. The van der Waals surface area contributed by atoms with Gasteiger partial charge in [0.25, 0.3) is 6.17 Å². The van der Waals surface area contributed by atoms with Gasteiger partial charge in [0.1, 0.15) is 41.9 Å². The molecule has 5 rings (SSSR count). The summed E-state index contributed by atoms with van der Waals surface area (Å²) in [6.07, 6.45) is 0.0768. The van der Waals surface area contributed by atoms with Crippen LogP contribution in [-0.4, -0.2) is 36.9 Å². The van der Waals surface area contributed by atoms with Crippen molar-refractivity contribution in [1.82, 2.24) is 0 Å². The molecule has 0 saturated carbocycles. The molecule has 0 amide bonds. The molecule has 0 unspecified atom stereocenters. The van der Waals surface area contributed by atoms with Crippen molar-refractivity contribution in [3.63, 3.8) is 0 Å². The quantitative estimate of drug-likeness (QED) is 0.518. The number of hydrogen-bond acceptors (Lipinski definition) is 4. The first-order valence-corrected chi connectivity index (χ1v) is 7.31. The molecular formula is C14H19N3O4+2. The van der Waals surface area contributed by atoms with Gasteiger partial charge in [-0.25, -0.2) is 0 Å². The zero-order valence-electron chi connectivity index (χ0n) is 12.1. The van der Waals surface area contributed by atoms with E-state index in [1.165, 1.54) is 15.9 Å². The Hall–Kier alpha value is -1.73. The highest BCUT2D eigenvalue weighted by molar-refractivity contribution is 5.91. The number of hydrogen-bond donors (Lipinski definition) is 2. The van der Waals surface area contributed by atoms with Gasteiger partial charge >= 0.3 is 5.88 Å². The summed E-state index contributed by atoms with van der Waals surface area (Å²) in [4.78, 5) is 25.5. The highest BCUT2D eigenvalue weighted by atomic mass is 16.6. The number of ketones is 1. The highest BCUT2D eigenvalue weighted by Crippen LogP contribution is 2.36. The Labute approximate surface area is 121 Å². The Morgan fingerprint density at radius 3 is 2.14 bits per heavy atom. The minimum Gasteiger partial charge on any atom is -0.392 e. The molecule has 0 atom stereocenters. The molecule has 4 fully saturated rings. The van der Waals surface area contributed by atoms with Crippen LogP contribution < -0.4 is 9.80 Å². The topological polar surface area (TPSA) is 82.2 Å². The van der Waals surface area contributed by atoms with E-state index in [1.807, 2.05) is 0 Å². The molecule has 0 spiro atoms. The Bertz CT molecular complexity index is 612. The first-order chi connectivity index (χ1) is 9.82. The molecule has 4 saturated heterocycles. The fourth-order valence-corrected chi connectivity index (χ4v) is 5.00. The maximum atomic E-state index is 12.6. The zero-order chi connectivity index (χ0) is 15.0. The lowest BCUT2D eigenvalue weighted by Gasteiger charge is -2.58. The fourth-order valence-electron chi connectivity index (χ4n) is 5.00. The predicted molar refractivity (Wildman–Crippen MR) is 70.7 cm³/mol. The SMILES string of the molecule is CC12C[NH+]3CC(C)(C[NH+](C1)C3c1ccc([N+](=O)[O-])o1)C2=O. The molecule has 4 bridgehead atoms. The van der Waals surface area contributed by atoms with Crippen LogP contribution in [0.4, 0.5) is 5.88 Å². The van der Waals surface area contributed by atoms with Crippen LogP contribution in [0.2, 0.25) is 0 Å². The van der Waals surface area contributed by atoms with E-state index < -0.39 is 4.92 Å². The molecule has 0 aliphatic carbocycles. The molecule has 1 aromatic heterocycles. The van der Waals surface area contributed by atoms with Crippen molar-refractivity contribution >= 4 is 11.7 Å². The van der Waals surface area contributed by atoms with Gasteiger partial charge in [-0.2, -0.15) is 0 Å².